The molecule has 29 heavy (non-hydrogen) atoms. The van der Waals surface area contributed by atoms with Gasteiger partial charge >= 0.3 is 5.97 Å². The lowest BCUT2D eigenvalue weighted by molar-refractivity contribution is -0.150. The molecule has 0 spiro atoms. The van der Waals surface area contributed by atoms with Crippen LogP contribution in [-0.4, -0.2) is 46.1 Å². The molecule has 0 saturated heterocycles. The van der Waals surface area contributed by atoms with E-state index in [2.05, 4.69) is 63.8 Å². The van der Waals surface area contributed by atoms with Gasteiger partial charge in [0.05, 0.1) is 11.7 Å². The Kier molecular flexibility index (Phi) is 9.35. The number of carbonyl (C=O) groups is 1. The fraction of sp³-hybridized carbons (Fsp3) is 0.708. The van der Waals surface area contributed by atoms with Crippen LogP contribution in [0.5, 0.6) is 0 Å². The monoisotopic (exact) mass is 421 g/mol. The molecule has 1 aromatic carbocycles. The maximum absolute atomic E-state index is 13.1. The highest BCUT2D eigenvalue weighted by molar-refractivity contribution is 7.84. The van der Waals surface area contributed by atoms with Crippen LogP contribution in [0.3, 0.4) is 0 Å². The third kappa shape index (κ3) is 7.53. The highest BCUT2D eigenvalue weighted by atomic mass is 32.2. The average Bonchev–Trinajstić information content (AvgIpc) is 2.69. The van der Waals surface area contributed by atoms with Crippen molar-refractivity contribution in [3.8, 4) is 0 Å². The summed E-state index contributed by atoms with van der Waals surface area (Å²) in [6.45, 7) is 13.4. The van der Waals surface area contributed by atoms with Crippen LogP contribution in [-0.2, 0) is 31.5 Å². The van der Waals surface area contributed by atoms with Crippen molar-refractivity contribution in [2.45, 2.75) is 89.2 Å². The molecule has 2 rings (SSSR count). The molecule has 5 heteroatoms. The summed E-state index contributed by atoms with van der Waals surface area (Å²) in [4.78, 5) is 14.6. The van der Waals surface area contributed by atoms with Crippen molar-refractivity contribution in [2.75, 3.05) is 19.6 Å². The fourth-order valence-corrected chi connectivity index (χ4v) is 5.58. The summed E-state index contributed by atoms with van der Waals surface area (Å²) >= 11 is 0. The molecular formula is C24H39NO3S. The van der Waals surface area contributed by atoms with Crippen LogP contribution in [0.25, 0.3) is 0 Å². The Hall–Kier alpha value is -1.20. The van der Waals surface area contributed by atoms with Crippen LogP contribution in [0.1, 0.15) is 77.8 Å². The molecule has 1 saturated carbocycles. The van der Waals surface area contributed by atoms with Crippen molar-refractivity contribution in [1.82, 2.24) is 4.90 Å². The minimum atomic E-state index is -1.04. The van der Waals surface area contributed by atoms with E-state index < -0.39 is 10.8 Å². The summed E-state index contributed by atoms with van der Waals surface area (Å²) in [5.41, 5.74) is 2.49. The van der Waals surface area contributed by atoms with Crippen molar-refractivity contribution in [3.63, 3.8) is 0 Å². The van der Waals surface area contributed by atoms with E-state index in [9.17, 15) is 9.00 Å². The summed E-state index contributed by atoms with van der Waals surface area (Å²) in [7, 11) is -1.04. The van der Waals surface area contributed by atoms with Gasteiger partial charge in [-0.2, -0.15) is 0 Å². The van der Waals surface area contributed by atoms with E-state index in [1.807, 2.05) is 0 Å². The number of hydrogen-bond donors (Lipinski definition) is 0. The second kappa shape index (κ2) is 11.3. The molecule has 0 amide bonds. The van der Waals surface area contributed by atoms with Crippen LogP contribution in [0.4, 0.5) is 0 Å². The van der Waals surface area contributed by atoms with E-state index in [-0.39, 0.29) is 22.7 Å². The van der Waals surface area contributed by atoms with Gasteiger partial charge in [-0.15, -0.1) is 0 Å². The Morgan fingerprint density at radius 3 is 2.31 bits per heavy atom. The SMILES string of the molecule is CCN(CC)CCC(=O)O[C@H]1CCCC[C@@H]1[S@](=O)Cc1ccc(C(C)(C)C)cc1. The first kappa shape index (κ1) is 24.1. The van der Waals surface area contributed by atoms with Crippen molar-refractivity contribution in [1.29, 1.82) is 0 Å². The number of ether oxygens (including phenoxy) is 1. The van der Waals surface area contributed by atoms with Gasteiger partial charge in [-0.25, -0.2) is 0 Å². The highest BCUT2D eigenvalue weighted by Crippen LogP contribution is 2.28. The third-order valence-corrected chi connectivity index (χ3v) is 7.75. The first-order valence-electron chi connectivity index (χ1n) is 11.1. The summed E-state index contributed by atoms with van der Waals surface area (Å²) in [6, 6.07) is 8.45. The number of nitrogens with zero attached hydrogens (tertiary/aromatic N) is 1. The molecule has 0 bridgehead atoms. The molecule has 0 aliphatic heterocycles. The summed E-state index contributed by atoms with van der Waals surface area (Å²) < 4.78 is 18.9. The van der Waals surface area contributed by atoms with Gasteiger partial charge in [0.1, 0.15) is 6.10 Å². The lowest BCUT2D eigenvalue weighted by Crippen LogP contribution is -2.38. The predicted molar refractivity (Wildman–Crippen MR) is 122 cm³/mol. The van der Waals surface area contributed by atoms with Crippen LogP contribution in [0.15, 0.2) is 24.3 Å². The van der Waals surface area contributed by atoms with Crippen molar-refractivity contribution >= 4 is 16.8 Å². The summed E-state index contributed by atoms with van der Waals surface area (Å²) in [6.07, 6.45) is 4.01. The van der Waals surface area contributed by atoms with Crippen LogP contribution in [0.2, 0.25) is 0 Å². The number of hydrogen-bond acceptors (Lipinski definition) is 4. The maximum atomic E-state index is 13.1. The third-order valence-electron chi connectivity index (χ3n) is 5.92. The molecule has 0 N–H and O–H groups in total. The van der Waals surface area contributed by atoms with Gasteiger partial charge in [0.15, 0.2) is 0 Å². The fourth-order valence-electron chi connectivity index (χ4n) is 3.89. The topological polar surface area (TPSA) is 46.6 Å². The largest absolute Gasteiger partial charge is 0.461 e. The predicted octanol–water partition coefficient (Wildman–Crippen LogP) is 4.82. The molecule has 0 radical (unpaired) electrons. The van der Waals surface area contributed by atoms with Gasteiger partial charge in [-0.05, 0) is 48.9 Å². The lowest BCUT2D eigenvalue weighted by Gasteiger charge is -2.31. The van der Waals surface area contributed by atoms with Crippen LogP contribution >= 0.6 is 0 Å². The molecule has 1 aromatic rings. The smallest absolute Gasteiger partial charge is 0.307 e. The van der Waals surface area contributed by atoms with Crippen molar-refractivity contribution in [2.24, 2.45) is 0 Å². The van der Waals surface area contributed by atoms with E-state index in [4.69, 9.17) is 4.74 Å². The van der Waals surface area contributed by atoms with E-state index in [1.54, 1.807) is 0 Å². The molecule has 1 aliphatic rings. The molecule has 0 aromatic heterocycles. The normalized spacial score (nSPS) is 21.2. The standard InChI is InChI=1S/C24H39NO3S/c1-6-25(7-2)17-16-23(26)28-21-10-8-9-11-22(21)29(27)18-19-12-14-20(15-13-19)24(3,4)5/h12-15,21-22H,6-11,16-18H2,1-5H3/t21-,22-,29+/m0/s1. The first-order valence-corrected chi connectivity index (χ1v) is 12.5. The van der Waals surface area contributed by atoms with Gasteiger partial charge in [-0.1, -0.05) is 65.3 Å². The van der Waals surface area contributed by atoms with E-state index in [0.717, 1.165) is 50.9 Å². The average molecular weight is 422 g/mol. The Bertz CT molecular complexity index is 662. The molecule has 0 heterocycles. The Morgan fingerprint density at radius 2 is 1.72 bits per heavy atom. The summed E-state index contributed by atoms with van der Waals surface area (Å²) in [5.74, 6) is 0.378. The summed E-state index contributed by atoms with van der Waals surface area (Å²) in [5, 5.41) is -0.0524. The number of carbonyl (C=O) groups excluding carboxylic acids is 1. The number of rotatable bonds is 9. The molecular weight excluding hydrogens is 382 g/mol. The zero-order chi connectivity index (χ0) is 21.4. The number of benzene rings is 1. The van der Waals surface area contributed by atoms with E-state index in [0.29, 0.717) is 12.2 Å². The van der Waals surface area contributed by atoms with Gasteiger partial charge in [0.2, 0.25) is 0 Å². The second-order valence-corrected chi connectivity index (χ2v) is 10.8. The quantitative estimate of drug-likeness (QED) is 0.536. The van der Waals surface area contributed by atoms with Gasteiger partial charge in [0.25, 0.3) is 0 Å². The Labute approximate surface area is 179 Å². The van der Waals surface area contributed by atoms with Gasteiger partial charge in [0, 0.05) is 23.1 Å². The minimum Gasteiger partial charge on any atom is -0.461 e. The number of esters is 1. The maximum Gasteiger partial charge on any atom is 0.307 e. The highest BCUT2D eigenvalue weighted by Gasteiger charge is 2.32. The first-order chi connectivity index (χ1) is 13.7. The van der Waals surface area contributed by atoms with Crippen molar-refractivity contribution < 1.29 is 13.7 Å². The molecule has 1 aliphatic carbocycles. The lowest BCUT2D eigenvalue weighted by atomic mass is 9.87. The van der Waals surface area contributed by atoms with Crippen LogP contribution < -0.4 is 0 Å². The Balaban J connectivity index is 1.94. The van der Waals surface area contributed by atoms with Gasteiger partial charge < -0.3 is 9.64 Å². The zero-order valence-corrected chi connectivity index (χ0v) is 19.7. The molecule has 3 atom stereocenters. The molecule has 0 unspecified atom stereocenters. The molecule has 1 fully saturated rings. The second-order valence-electron chi connectivity index (χ2n) is 9.10. The molecule has 4 nitrogen and oxygen atoms in total. The van der Waals surface area contributed by atoms with E-state index >= 15 is 0 Å². The zero-order valence-electron chi connectivity index (χ0n) is 18.9. The van der Waals surface area contributed by atoms with Crippen molar-refractivity contribution in [3.05, 3.63) is 35.4 Å². The Morgan fingerprint density at radius 1 is 1.10 bits per heavy atom. The van der Waals surface area contributed by atoms with E-state index in [1.165, 1.54) is 5.56 Å². The minimum absolute atomic E-state index is 0.0524. The van der Waals surface area contributed by atoms with Gasteiger partial charge in [-0.3, -0.25) is 9.00 Å². The van der Waals surface area contributed by atoms with Crippen LogP contribution in [0, 0.1) is 0 Å². The molecule has 164 valence electrons.